The van der Waals surface area contributed by atoms with Gasteiger partial charge in [-0.25, -0.2) is 0 Å². The van der Waals surface area contributed by atoms with E-state index in [0.717, 1.165) is 23.7 Å². The van der Waals surface area contributed by atoms with Gasteiger partial charge in [0.05, 0.1) is 0 Å². The van der Waals surface area contributed by atoms with E-state index >= 15 is 0 Å². The molecule has 0 radical (unpaired) electrons. The molecule has 0 heteroatoms. The summed E-state index contributed by atoms with van der Waals surface area (Å²) in [5, 5.41) is 0. The summed E-state index contributed by atoms with van der Waals surface area (Å²) in [5.41, 5.74) is 5.24. The summed E-state index contributed by atoms with van der Waals surface area (Å²) in [6.07, 6.45) is 8.58. The number of hydrogen-bond donors (Lipinski definition) is 0. The molecule has 2 saturated carbocycles. The highest BCUT2D eigenvalue weighted by Crippen LogP contribution is 2.68. The van der Waals surface area contributed by atoms with Gasteiger partial charge in [0.2, 0.25) is 0 Å². The van der Waals surface area contributed by atoms with Gasteiger partial charge in [0, 0.05) is 0 Å². The quantitative estimate of drug-likeness (QED) is 0.704. The van der Waals surface area contributed by atoms with Crippen LogP contribution in [0.4, 0.5) is 0 Å². The first-order valence-electron chi connectivity index (χ1n) is 7.52. The molecule has 0 unspecified atom stereocenters. The van der Waals surface area contributed by atoms with E-state index in [9.17, 15) is 0 Å². The van der Waals surface area contributed by atoms with Gasteiger partial charge >= 0.3 is 0 Å². The van der Waals surface area contributed by atoms with Crippen LogP contribution in [0.3, 0.4) is 0 Å². The van der Waals surface area contributed by atoms with Crippen LogP contribution in [0.2, 0.25) is 0 Å². The lowest BCUT2D eigenvalue weighted by Gasteiger charge is -2.44. The van der Waals surface area contributed by atoms with Crippen LogP contribution in [-0.2, 0) is 6.42 Å². The van der Waals surface area contributed by atoms with Crippen LogP contribution in [0.15, 0.2) is 18.2 Å². The molecule has 3 aliphatic rings. The molecular weight excluding hydrogens is 204 g/mol. The van der Waals surface area contributed by atoms with Gasteiger partial charge in [-0.15, -0.1) is 0 Å². The van der Waals surface area contributed by atoms with E-state index in [1.165, 1.54) is 38.5 Å². The maximum Gasteiger partial charge on any atom is -0.00563 e. The van der Waals surface area contributed by atoms with Crippen molar-refractivity contribution in [1.29, 1.82) is 0 Å². The minimum absolute atomic E-state index is 0.977. The lowest BCUT2D eigenvalue weighted by Crippen LogP contribution is -2.31. The van der Waals surface area contributed by atoms with E-state index in [2.05, 4.69) is 25.1 Å². The number of aryl methyl sites for hydroxylation is 1. The summed E-state index contributed by atoms with van der Waals surface area (Å²) < 4.78 is 0. The molecule has 0 N–H and O–H groups in total. The molecule has 3 aliphatic carbocycles. The van der Waals surface area contributed by atoms with Gasteiger partial charge < -0.3 is 0 Å². The van der Waals surface area contributed by atoms with Crippen LogP contribution in [0.25, 0.3) is 0 Å². The Labute approximate surface area is 104 Å². The van der Waals surface area contributed by atoms with Gasteiger partial charge in [-0.05, 0) is 72.5 Å². The Bertz CT molecular complexity index is 445. The van der Waals surface area contributed by atoms with Crippen LogP contribution < -0.4 is 0 Å². The van der Waals surface area contributed by atoms with Gasteiger partial charge in [-0.1, -0.05) is 31.5 Å². The summed E-state index contributed by atoms with van der Waals surface area (Å²) in [4.78, 5) is 0. The van der Waals surface area contributed by atoms with Crippen LogP contribution in [-0.4, -0.2) is 0 Å². The van der Waals surface area contributed by atoms with Gasteiger partial charge in [0.25, 0.3) is 0 Å². The summed E-state index contributed by atoms with van der Waals surface area (Å²) in [6, 6.07) is 7.13. The normalized spacial score (nSPS) is 36.5. The molecule has 2 bridgehead atoms. The maximum absolute atomic E-state index is 2.42. The number of hydrogen-bond acceptors (Lipinski definition) is 0. The lowest BCUT2D eigenvalue weighted by molar-refractivity contribution is 0.320. The molecule has 0 aliphatic heterocycles. The minimum atomic E-state index is 0.977. The Morgan fingerprint density at radius 1 is 1.12 bits per heavy atom. The van der Waals surface area contributed by atoms with Crippen molar-refractivity contribution in [3.05, 3.63) is 34.9 Å². The Morgan fingerprint density at radius 2 is 1.94 bits per heavy atom. The van der Waals surface area contributed by atoms with E-state index in [-0.39, 0.29) is 0 Å². The van der Waals surface area contributed by atoms with E-state index in [4.69, 9.17) is 0 Å². The molecule has 4 atom stereocenters. The zero-order valence-corrected chi connectivity index (χ0v) is 10.8. The predicted molar refractivity (Wildman–Crippen MR) is 71.4 cm³/mol. The zero-order valence-electron chi connectivity index (χ0n) is 10.8. The lowest BCUT2D eigenvalue weighted by atomic mass is 9.60. The van der Waals surface area contributed by atoms with Gasteiger partial charge in [0.15, 0.2) is 0 Å². The predicted octanol–water partition coefficient (Wildman–Crippen LogP) is 4.64. The van der Waals surface area contributed by atoms with Crippen LogP contribution >= 0.6 is 0 Å². The van der Waals surface area contributed by atoms with E-state index in [0.29, 0.717) is 0 Å². The molecule has 0 aromatic heterocycles. The second kappa shape index (κ2) is 3.60. The second-order valence-corrected chi connectivity index (χ2v) is 6.41. The summed E-state index contributed by atoms with van der Waals surface area (Å²) in [5.74, 6) is 4.07. The molecule has 1 aromatic carbocycles. The van der Waals surface area contributed by atoms with Gasteiger partial charge in [-0.3, -0.25) is 0 Å². The molecule has 2 fully saturated rings. The molecule has 17 heavy (non-hydrogen) atoms. The molecule has 0 amide bonds. The first kappa shape index (κ1) is 10.2. The number of benzene rings is 1. The second-order valence-electron chi connectivity index (χ2n) is 6.41. The maximum atomic E-state index is 2.42. The highest BCUT2D eigenvalue weighted by Gasteiger charge is 2.55. The fourth-order valence-corrected chi connectivity index (χ4v) is 4.97. The minimum Gasteiger partial charge on any atom is -0.0654 e. The third-order valence-corrected chi connectivity index (χ3v) is 5.64. The fraction of sp³-hybridized carbons (Fsp3) is 0.647. The van der Waals surface area contributed by atoms with Crippen molar-refractivity contribution in [1.82, 2.24) is 0 Å². The third-order valence-electron chi connectivity index (χ3n) is 5.64. The van der Waals surface area contributed by atoms with Crippen molar-refractivity contribution >= 4 is 0 Å². The molecule has 0 spiro atoms. The van der Waals surface area contributed by atoms with Crippen molar-refractivity contribution in [2.24, 2.45) is 11.8 Å². The molecule has 0 heterocycles. The first-order chi connectivity index (χ1) is 8.40. The Morgan fingerprint density at radius 3 is 2.76 bits per heavy atom. The summed E-state index contributed by atoms with van der Waals surface area (Å²) >= 11 is 0. The van der Waals surface area contributed by atoms with Crippen LogP contribution in [0.1, 0.15) is 67.6 Å². The molecule has 90 valence electrons. The fourth-order valence-electron chi connectivity index (χ4n) is 4.97. The third kappa shape index (κ3) is 1.25. The van der Waals surface area contributed by atoms with Gasteiger partial charge in [0.1, 0.15) is 0 Å². The highest BCUT2D eigenvalue weighted by molar-refractivity contribution is 5.53. The Kier molecular flexibility index (Phi) is 2.16. The molecule has 1 aromatic rings. The van der Waals surface area contributed by atoms with Crippen LogP contribution in [0.5, 0.6) is 0 Å². The van der Waals surface area contributed by atoms with Gasteiger partial charge in [-0.2, -0.15) is 0 Å². The van der Waals surface area contributed by atoms with Crippen molar-refractivity contribution in [3.8, 4) is 0 Å². The molecule has 0 nitrogen and oxygen atoms in total. The summed E-state index contributed by atoms with van der Waals surface area (Å²) in [6.45, 7) is 2.30. The first-order valence-corrected chi connectivity index (χ1v) is 7.52. The standard InChI is InChI=1S/C17H22/c1-2-3-5-11-6-4-7-14-15(11)17-13-9-8-12(10-13)16(14)17/h4,6-7,12-13,16-17H,2-3,5,8-10H2,1H3/t12-,13+,16-,17+/m1/s1. The van der Waals surface area contributed by atoms with E-state index in [1.807, 2.05) is 0 Å². The van der Waals surface area contributed by atoms with Crippen LogP contribution in [0, 0.1) is 11.8 Å². The van der Waals surface area contributed by atoms with Crippen molar-refractivity contribution in [2.75, 3.05) is 0 Å². The van der Waals surface area contributed by atoms with Crippen molar-refractivity contribution in [2.45, 2.75) is 57.3 Å². The average molecular weight is 226 g/mol. The number of rotatable bonds is 3. The average Bonchev–Trinajstić information content (AvgIpc) is 2.88. The molecule has 4 rings (SSSR count). The highest BCUT2D eigenvalue weighted by atomic mass is 14.6. The Hall–Kier alpha value is -0.780. The Balaban J connectivity index is 1.71. The van der Waals surface area contributed by atoms with Crippen molar-refractivity contribution < 1.29 is 0 Å². The monoisotopic (exact) mass is 226 g/mol. The zero-order chi connectivity index (χ0) is 11.4. The molecular formula is C17H22. The molecule has 0 saturated heterocycles. The SMILES string of the molecule is CCCCc1cccc2c1[C@@H]1[C@H]3CC[C@H](C3)[C@H]21. The van der Waals surface area contributed by atoms with Crippen molar-refractivity contribution in [3.63, 3.8) is 0 Å². The largest absolute Gasteiger partial charge is 0.0654 e. The number of unbranched alkanes of at least 4 members (excludes halogenated alkanes) is 1. The summed E-state index contributed by atoms with van der Waals surface area (Å²) in [7, 11) is 0. The van der Waals surface area contributed by atoms with E-state index in [1.54, 1.807) is 16.7 Å². The number of fused-ring (bicyclic) bond motifs is 8. The van der Waals surface area contributed by atoms with E-state index < -0.39 is 0 Å². The topological polar surface area (TPSA) is 0 Å². The smallest absolute Gasteiger partial charge is 0.00563 e.